The van der Waals surface area contributed by atoms with Gasteiger partial charge in [-0.2, -0.15) is 0 Å². The Morgan fingerprint density at radius 2 is 2.16 bits per heavy atom. The molecule has 170 valence electrons. The van der Waals surface area contributed by atoms with Gasteiger partial charge in [0.05, 0.1) is 10.4 Å². The molecular formula is C21H23ClN4O4S2. The highest BCUT2D eigenvalue weighted by molar-refractivity contribution is 8.01. The number of hydrogen-bond donors (Lipinski definition) is 2. The summed E-state index contributed by atoms with van der Waals surface area (Å²) < 4.78 is 0.920. The van der Waals surface area contributed by atoms with Crippen molar-refractivity contribution < 1.29 is 19.5 Å². The van der Waals surface area contributed by atoms with E-state index >= 15 is 0 Å². The zero-order valence-corrected chi connectivity index (χ0v) is 19.9. The number of nitrogens with zero attached hydrogens (tertiary/aromatic N) is 3. The van der Waals surface area contributed by atoms with Gasteiger partial charge < -0.3 is 10.0 Å². The summed E-state index contributed by atoms with van der Waals surface area (Å²) in [6.07, 6.45) is 3.17. The molecule has 0 aliphatic carbocycles. The summed E-state index contributed by atoms with van der Waals surface area (Å²) in [6, 6.07) is 5.26. The Kier molecular flexibility index (Phi) is 6.64. The monoisotopic (exact) mass is 494 g/mol. The lowest BCUT2D eigenvalue weighted by molar-refractivity contribution is -0.137. The number of amides is 3. The van der Waals surface area contributed by atoms with Crippen molar-refractivity contribution in [3.05, 3.63) is 35.0 Å². The molecule has 1 fully saturated rings. The van der Waals surface area contributed by atoms with Crippen molar-refractivity contribution in [3.63, 3.8) is 0 Å². The van der Waals surface area contributed by atoms with Crippen LogP contribution in [0.1, 0.15) is 31.7 Å². The number of aromatic nitrogens is 1. The van der Waals surface area contributed by atoms with E-state index in [0.717, 1.165) is 21.9 Å². The number of carboxylic acid groups (broad SMARTS) is 1. The average molecular weight is 495 g/mol. The molecule has 1 atom stereocenters. The van der Waals surface area contributed by atoms with Gasteiger partial charge >= 0.3 is 12.0 Å². The van der Waals surface area contributed by atoms with Crippen LogP contribution < -0.4 is 10.2 Å². The Morgan fingerprint density at radius 3 is 2.88 bits per heavy atom. The second-order valence-electron chi connectivity index (χ2n) is 7.98. The minimum Gasteiger partial charge on any atom is -0.481 e. The number of urea groups is 1. The maximum absolute atomic E-state index is 13.2. The molecule has 2 N–H and O–H groups in total. The van der Waals surface area contributed by atoms with Crippen molar-refractivity contribution in [2.45, 2.75) is 35.8 Å². The van der Waals surface area contributed by atoms with Crippen LogP contribution in [0.5, 0.6) is 0 Å². The number of hydrogen-bond acceptors (Lipinski definition) is 6. The van der Waals surface area contributed by atoms with Crippen molar-refractivity contribution in [2.75, 3.05) is 35.6 Å². The molecule has 1 aromatic heterocycles. The number of likely N-dealkylation sites (tertiary alicyclic amines) is 1. The summed E-state index contributed by atoms with van der Waals surface area (Å²) in [6.45, 7) is 3.26. The minimum atomic E-state index is -0.804. The third-order valence-corrected chi connectivity index (χ3v) is 8.23. The molecule has 0 saturated carbocycles. The summed E-state index contributed by atoms with van der Waals surface area (Å²) in [4.78, 5) is 43.5. The quantitative estimate of drug-likeness (QED) is 0.458. The molecule has 11 heteroatoms. The van der Waals surface area contributed by atoms with Crippen LogP contribution >= 0.6 is 34.7 Å². The average Bonchev–Trinajstić information content (AvgIpc) is 3.44. The number of anilines is 2. The van der Waals surface area contributed by atoms with E-state index in [1.54, 1.807) is 24.1 Å². The summed E-state index contributed by atoms with van der Waals surface area (Å²) in [5, 5.41) is 12.7. The van der Waals surface area contributed by atoms with Crippen LogP contribution in [-0.4, -0.2) is 58.3 Å². The van der Waals surface area contributed by atoms with E-state index in [1.165, 1.54) is 23.1 Å². The summed E-state index contributed by atoms with van der Waals surface area (Å²) >= 11 is 9.16. The molecule has 1 spiro atoms. The van der Waals surface area contributed by atoms with Gasteiger partial charge in [-0.15, -0.1) is 11.8 Å². The van der Waals surface area contributed by atoms with Crippen molar-refractivity contribution in [1.29, 1.82) is 0 Å². The highest BCUT2D eigenvalue weighted by atomic mass is 35.5. The molecule has 2 aliphatic heterocycles. The molecule has 4 rings (SSSR count). The summed E-state index contributed by atoms with van der Waals surface area (Å²) in [5.74, 6) is -0.0943. The van der Waals surface area contributed by atoms with E-state index in [0.29, 0.717) is 42.0 Å². The first-order valence-corrected chi connectivity index (χ1v) is 12.4. The zero-order valence-electron chi connectivity index (χ0n) is 17.5. The number of carbonyl (C=O) groups excluding carboxylic acids is 2. The molecule has 8 nitrogen and oxygen atoms in total. The Bertz CT molecular complexity index is 1060. The summed E-state index contributed by atoms with van der Waals surface area (Å²) in [5.41, 5.74) is 1.48. The molecule has 1 saturated heterocycles. The van der Waals surface area contributed by atoms with Gasteiger partial charge in [0.2, 0.25) is 5.91 Å². The van der Waals surface area contributed by atoms with Crippen LogP contribution in [0.2, 0.25) is 5.02 Å². The Labute approximate surface area is 198 Å². The smallest absolute Gasteiger partial charge is 0.328 e. The van der Waals surface area contributed by atoms with Gasteiger partial charge in [-0.25, -0.2) is 9.78 Å². The second kappa shape index (κ2) is 9.29. The standard InChI is InChI=1S/C21H23ClN4O4S2/c1-13(27)25-7-6-21(11-25)12-26(16-5-4-14(22)9-15(16)21)20(30)24-19-23-10-18(32-19)31-8-2-3-17(28)29/h4-5,9-10H,2-3,6-8,11-12H2,1H3,(H,28,29)(H,23,24,30). The van der Waals surface area contributed by atoms with E-state index in [-0.39, 0.29) is 23.8 Å². The largest absolute Gasteiger partial charge is 0.481 e. The van der Waals surface area contributed by atoms with Crippen LogP contribution in [0.3, 0.4) is 0 Å². The number of aliphatic carboxylic acids is 1. The number of rotatable bonds is 6. The number of thioether (sulfide) groups is 1. The number of carbonyl (C=O) groups is 3. The van der Waals surface area contributed by atoms with Gasteiger partial charge in [0.1, 0.15) is 0 Å². The first-order valence-electron chi connectivity index (χ1n) is 10.2. The number of nitrogens with one attached hydrogen (secondary N) is 1. The number of benzene rings is 1. The van der Waals surface area contributed by atoms with Crippen LogP contribution in [0.25, 0.3) is 0 Å². The van der Waals surface area contributed by atoms with Gasteiger partial charge in [-0.05, 0) is 42.4 Å². The lowest BCUT2D eigenvalue weighted by Crippen LogP contribution is -2.41. The van der Waals surface area contributed by atoms with Crippen LogP contribution in [-0.2, 0) is 15.0 Å². The fourth-order valence-corrected chi connectivity index (χ4v) is 6.30. The molecule has 3 heterocycles. The van der Waals surface area contributed by atoms with Gasteiger partial charge in [0, 0.05) is 49.1 Å². The molecule has 1 unspecified atom stereocenters. The van der Waals surface area contributed by atoms with Gasteiger partial charge in [0.25, 0.3) is 0 Å². The minimum absolute atomic E-state index is 0.0320. The number of halogens is 1. The number of fused-ring (bicyclic) bond motifs is 2. The van der Waals surface area contributed by atoms with Crippen molar-refractivity contribution >= 4 is 63.4 Å². The van der Waals surface area contributed by atoms with Crippen LogP contribution in [0, 0.1) is 0 Å². The third-order valence-electron chi connectivity index (χ3n) is 5.80. The van der Waals surface area contributed by atoms with Crippen LogP contribution in [0.15, 0.2) is 28.6 Å². The van der Waals surface area contributed by atoms with Crippen molar-refractivity contribution in [2.24, 2.45) is 0 Å². The number of thiazole rings is 1. The van der Waals surface area contributed by atoms with Crippen molar-refractivity contribution in [3.8, 4) is 0 Å². The SMILES string of the molecule is CC(=O)N1CCC2(C1)CN(C(=O)Nc1ncc(SCCCC(=O)O)s1)c1ccc(Cl)cc12. The van der Waals surface area contributed by atoms with E-state index in [2.05, 4.69) is 10.3 Å². The highest BCUT2D eigenvalue weighted by Crippen LogP contribution is 2.47. The number of carboxylic acids is 1. The second-order valence-corrected chi connectivity index (χ2v) is 10.8. The summed E-state index contributed by atoms with van der Waals surface area (Å²) in [7, 11) is 0. The zero-order chi connectivity index (χ0) is 22.9. The van der Waals surface area contributed by atoms with Gasteiger partial charge in [-0.3, -0.25) is 19.8 Å². The highest BCUT2D eigenvalue weighted by Gasteiger charge is 2.49. The molecule has 32 heavy (non-hydrogen) atoms. The predicted molar refractivity (Wildman–Crippen MR) is 126 cm³/mol. The molecular weight excluding hydrogens is 472 g/mol. The van der Waals surface area contributed by atoms with E-state index in [9.17, 15) is 14.4 Å². The van der Waals surface area contributed by atoms with Crippen LogP contribution in [0.4, 0.5) is 15.6 Å². The van der Waals surface area contributed by atoms with Gasteiger partial charge in [0.15, 0.2) is 5.13 Å². The third kappa shape index (κ3) is 4.72. The van der Waals surface area contributed by atoms with E-state index in [1.807, 2.05) is 17.0 Å². The first kappa shape index (κ1) is 22.9. The van der Waals surface area contributed by atoms with Gasteiger partial charge in [-0.1, -0.05) is 22.9 Å². The molecule has 0 radical (unpaired) electrons. The van der Waals surface area contributed by atoms with Crippen molar-refractivity contribution in [1.82, 2.24) is 9.88 Å². The van der Waals surface area contributed by atoms with E-state index < -0.39 is 5.97 Å². The lowest BCUT2D eigenvalue weighted by atomic mass is 9.81. The Hall–Kier alpha value is -2.30. The molecule has 1 aromatic carbocycles. The molecule has 2 aromatic rings. The molecule has 2 aliphatic rings. The predicted octanol–water partition coefficient (Wildman–Crippen LogP) is 4.30. The molecule has 0 bridgehead atoms. The molecule has 3 amide bonds. The Morgan fingerprint density at radius 1 is 1.34 bits per heavy atom. The normalized spacial score (nSPS) is 19.4. The topological polar surface area (TPSA) is 103 Å². The Balaban J connectivity index is 1.46. The first-order chi connectivity index (χ1) is 15.3. The lowest BCUT2D eigenvalue weighted by Gasteiger charge is -2.25. The maximum Gasteiger partial charge on any atom is 0.328 e. The maximum atomic E-state index is 13.2. The fraction of sp³-hybridized carbons (Fsp3) is 0.429. The fourth-order valence-electron chi connectivity index (χ4n) is 4.25. The van der Waals surface area contributed by atoms with E-state index in [4.69, 9.17) is 16.7 Å².